The summed E-state index contributed by atoms with van der Waals surface area (Å²) in [6, 6.07) is 3.63. The molecule has 0 aliphatic carbocycles. The second-order valence-corrected chi connectivity index (χ2v) is 5.29. The lowest BCUT2D eigenvalue weighted by molar-refractivity contribution is 0.0529. The quantitative estimate of drug-likeness (QED) is 0.865. The first-order chi connectivity index (χ1) is 8.78. The number of amides is 1. The monoisotopic (exact) mass is 266 g/mol. The minimum absolute atomic E-state index is 0.406. The van der Waals surface area contributed by atoms with E-state index in [-0.39, 0.29) is 0 Å². The summed E-state index contributed by atoms with van der Waals surface area (Å²) in [5.74, 6) is 0.490. The number of alkyl carbamates (subject to hydrolysis) is 1. The zero-order chi connectivity index (χ0) is 14.5. The SMILES string of the molecule is CN(CCNC(=O)OC(C)(C)C)c1ccc(N)nc1. The van der Waals surface area contributed by atoms with Crippen LogP contribution in [0, 0.1) is 0 Å². The molecular weight excluding hydrogens is 244 g/mol. The van der Waals surface area contributed by atoms with Crippen LogP contribution < -0.4 is 16.0 Å². The second-order valence-electron chi connectivity index (χ2n) is 5.29. The molecule has 0 fully saturated rings. The summed E-state index contributed by atoms with van der Waals surface area (Å²) in [5.41, 5.74) is 5.99. The fraction of sp³-hybridized carbons (Fsp3) is 0.538. The minimum atomic E-state index is -0.475. The molecule has 0 spiro atoms. The molecule has 19 heavy (non-hydrogen) atoms. The van der Waals surface area contributed by atoms with Gasteiger partial charge in [-0.1, -0.05) is 0 Å². The molecule has 1 amide bonds. The van der Waals surface area contributed by atoms with Crippen molar-refractivity contribution in [2.24, 2.45) is 0 Å². The Labute approximate surface area is 113 Å². The zero-order valence-corrected chi connectivity index (χ0v) is 11.9. The van der Waals surface area contributed by atoms with Crippen molar-refractivity contribution in [1.82, 2.24) is 10.3 Å². The fourth-order valence-electron chi connectivity index (χ4n) is 1.39. The van der Waals surface area contributed by atoms with Crippen LogP contribution in [0.2, 0.25) is 0 Å². The van der Waals surface area contributed by atoms with Crippen molar-refractivity contribution < 1.29 is 9.53 Å². The van der Waals surface area contributed by atoms with Crippen LogP contribution in [-0.2, 0) is 4.74 Å². The smallest absolute Gasteiger partial charge is 0.407 e. The van der Waals surface area contributed by atoms with Crippen LogP contribution in [0.3, 0.4) is 0 Å². The van der Waals surface area contributed by atoms with Crippen molar-refractivity contribution in [2.45, 2.75) is 26.4 Å². The molecule has 0 bridgehead atoms. The number of nitrogen functional groups attached to an aromatic ring is 1. The average molecular weight is 266 g/mol. The van der Waals surface area contributed by atoms with E-state index in [0.29, 0.717) is 18.9 Å². The van der Waals surface area contributed by atoms with Crippen LogP contribution in [-0.4, -0.2) is 36.8 Å². The van der Waals surface area contributed by atoms with Crippen LogP contribution >= 0.6 is 0 Å². The number of carbonyl (C=O) groups excluding carboxylic acids is 1. The summed E-state index contributed by atoms with van der Waals surface area (Å²) in [4.78, 5) is 17.4. The van der Waals surface area contributed by atoms with Gasteiger partial charge in [0.1, 0.15) is 11.4 Å². The highest BCUT2D eigenvalue weighted by atomic mass is 16.6. The van der Waals surface area contributed by atoms with Gasteiger partial charge in [0, 0.05) is 20.1 Å². The summed E-state index contributed by atoms with van der Waals surface area (Å²) in [7, 11) is 1.92. The van der Waals surface area contributed by atoms with Crippen LogP contribution in [0.4, 0.5) is 16.3 Å². The number of hydrogen-bond donors (Lipinski definition) is 2. The second kappa shape index (κ2) is 6.26. The van der Waals surface area contributed by atoms with Gasteiger partial charge in [0.05, 0.1) is 11.9 Å². The molecule has 0 saturated carbocycles. The van der Waals surface area contributed by atoms with Crippen LogP contribution in [0.1, 0.15) is 20.8 Å². The Morgan fingerprint density at radius 2 is 2.16 bits per heavy atom. The summed E-state index contributed by atoms with van der Waals surface area (Å²) in [6.07, 6.45) is 1.29. The van der Waals surface area contributed by atoms with Crippen molar-refractivity contribution in [3.05, 3.63) is 18.3 Å². The predicted molar refractivity (Wildman–Crippen MR) is 76.2 cm³/mol. The molecule has 6 heteroatoms. The maximum atomic E-state index is 11.4. The number of ether oxygens (including phenoxy) is 1. The Kier molecular flexibility index (Phi) is 4.97. The van der Waals surface area contributed by atoms with Gasteiger partial charge in [-0.25, -0.2) is 9.78 Å². The maximum absolute atomic E-state index is 11.4. The van der Waals surface area contributed by atoms with Crippen LogP contribution in [0.25, 0.3) is 0 Å². The number of rotatable bonds is 4. The molecule has 1 aromatic rings. The molecule has 0 aliphatic rings. The normalized spacial score (nSPS) is 10.9. The molecule has 1 heterocycles. The van der Waals surface area contributed by atoms with Crippen molar-refractivity contribution in [1.29, 1.82) is 0 Å². The standard InChI is InChI=1S/C13H22N4O2/c1-13(2,3)19-12(18)15-7-8-17(4)10-5-6-11(14)16-9-10/h5-6,9H,7-8H2,1-4H3,(H2,14,16)(H,15,18). The molecule has 6 nitrogen and oxygen atoms in total. The predicted octanol–water partition coefficient (Wildman–Crippen LogP) is 1.62. The van der Waals surface area contributed by atoms with Gasteiger partial charge in [-0.2, -0.15) is 0 Å². The molecule has 1 aromatic heterocycles. The fourth-order valence-corrected chi connectivity index (χ4v) is 1.39. The molecule has 0 unspecified atom stereocenters. The van der Waals surface area contributed by atoms with Gasteiger partial charge in [-0.15, -0.1) is 0 Å². The molecule has 0 aliphatic heterocycles. The number of nitrogens with one attached hydrogen (secondary N) is 1. The Hall–Kier alpha value is -1.98. The first kappa shape index (κ1) is 15.1. The molecule has 0 atom stereocenters. The van der Waals surface area contributed by atoms with E-state index in [0.717, 1.165) is 5.69 Å². The molecule has 0 radical (unpaired) electrons. The highest BCUT2D eigenvalue weighted by molar-refractivity contribution is 5.67. The average Bonchev–Trinajstić information content (AvgIpc) is 2.27. The Morgan fingerprint density at radius 3 is 2.68 bits per heavy atom. The van der Waals surface area contributed by atoms with E-state index >= 15 is 0 Å². The third-order valence-corrected chi connectivity index (χ3v) is 2.33. The highest BCUT2D eigenvalue weighted by Gasteiger charge is 2.15. The largest absolute Gasteiger partial charge is 0.444 e. The summed E-state index contributed by atoms with van der Waals surface area (Å²) < 4.78 is 5.14. The molecule has 3 N–H and O–H groups in total. The first-order valence-electron chi connectivity index (χ1n) is 6.17. The number of likely N-dealkylation sites (N-methyl/N-ethyl adjacent to an activating group) is 1. The van der Waals surface area contributed by atoms with E-state index in [2.05, 4.69) is 10.3 Å². The molecule has 106 valence electrons. The van der Waals surface area contributed by atoms with Gasteiger partial charge < -0.3 is 20.7 Å². The molecular formula is C13H22N4O2. The third-order valence-electron chi connectivity index (χ3n) is 2.33. The van der Waals surface area contributed by atoms with Gasteiger partial charge in [-0.3, -0.25) is 0 Å². The summed E-state index contributed by atoms with van der Waals surface area (Å²) >= 11 is 0. The van der Waals surface area contributed by atoms with Crippen molar-refractivity contribution in [2.75, 3.05) is 30.8 Å². The van der Waals surface area contributed by atoms with Crippen molar-refractivity contribution >= 4 is 17.6 Å². The van der Waals surface area contributed by atoms with E-state index in [1.165, 1.54) is 0 Å². The van der Waals surface area contributed by atoms with Gasteiger partial charge in [0.2, 0.25) is 0 Å². The molecule has 0 saturated heterocycles. The number of aromatic nitrogens is 1. The van der Waals surface area contributed by atoms with Crippen molar-refractivity contribution in [3.8, 4) is 0 Å². The van der Waals surface area contributed by atoms with Gasteiger partial charge >= 0.3 is 6.09 Å². The first-order valence-corrected chi connectivity index (χ1v) is 6.17. The van der Waals surface area contributed by atoms with Gasteiger partial charge in [-0.05, 0) is 32.9 Å². The number of hydrogen-bond acceptors (Lipinski definition) is 5. The van der Waals surface area contributed by atoms with E-state index in [1.807, 2.05) is 38.8 Å². The van der Waals surface area contributed by atoms with E-state index in [1.54, 1.807) is 12.3 Å². The Morgan fingerprint density at radius 1 is 1.47 bits per heavy atom. The van der Waals surface area contributed by atoms with E-state index in [9.17, 15) is 4.79 Å². The van der Waals surface area contributed by atoms with Crippen molar-refractivity contribution in [3.63, 3.8) is 0 Å². The summed E-state index contributed by atoms with van der Waals surface area (Å²) in [6.45, 7) is 6.65. The van der Waals surface area contributed by atoms with Crippen LogP contribution in [0.5, 0.6) is 0 Å². The lowest BCUT2D eigenvalue weighted by Gasteiger charge is -2.22. The number of nitrogens with zero attached hydrogens (tertiary/aromatic N) is 2. The topological polar surface area (TPSA) is 80.5 Å². The lowest BCUT2D eigenvalue weighted by atomic mass is 10.2. The van der Waals surface area contributed by atoms with Gasteiger partial charge in [0.15, 0.2) is 0 Å². The highest BCUT2D eigenvalue weighted by Crippen LogP contribution is 2.11. The zero-order valence-electron chi connectivity index (χ0n) is 11.9. The summed E-state index contributed by atoms with van der Waals surface area (Å²) in [5, 5.41) is 2.70. The molecule has 0 aromatic carbocycles. The number of nitrogens with two attached hydrogens (primary N) is 1. The van der Waals surface area contributed by atoms with E-state index in [4.69, 9.17) is 10.5 Å². The number of anilines is 2. The third kappa shape index (κ3) is 5.94. The Balaban J connectivity index is 2.33. The Bertz CT molecular complexity index is 412. The number of pyridine rings is 1. The maximum Gasteiger partial charge on any atom is 0.407 e. The van der Waals surface area contributed by atoms with Crippen LogP contribution in [0.15, 0.2) is 18.3 Å². The molecule has 1 rings (SSSR count). The minimum Gasteiger partial charge on any atom is -0.444 e. The number of carbonyl (C=O) groups is 1. The van der Waals surface area contributed by atoms with E-state index < -0.39 is 11.7 Å². The van der Waals surface area contributed by atoms with Gasteiger partial charge in [0.25, 0.3) is 0 Å². The lowest BCUT2D eigenvalue weighted by Crippen LogP contribution is -2.37.